The van der Waals surface area contributed by atoms with Gasteiger partial charge in [-0.2, -0.15) is 0 Å². The molecule has 1 aliphatic heterocycles. The molecule has 1 aliphatic rings. The van der Waals surface area contributed by atoms with Crippen molar-refractivity contribution in [3.63, 3.8) is 0 Å². The zero-order chi connectivity index (χ0) is 50.2. The van der Waals surface area contributed by atoms with E-state index in [9.17, 15) is 0 Å². The lowest BCUT2D eigenvalue weighted by Crippen LogP contribution is -2.86. The van der Waals surface area contributed by atoms with Crippen LogP contribution in [0.5, 0.6) is 0 Å². The Balaban J connectivity index is 1.14. The number of hydrogen-bond acceptors (Lipinski definition) is 0. The Morgan fingerprint density at radius 1 is 0.224 bits per heavy atom. The molecule has 356 valence electrons. The van der Waals surface area contributed by atoms with E-state index in [-0.39, 0.29) is 0 Å². The van der Waals surface area contributed by atoms with Gasteiger partial charge < -0.3 is 9.13 Å². The fraction of sp³-hybridized carbons (Fsp3) is 0. The number of benzene rings is 12. The Morgan fingerprint density at radius 2 is 0.579 bits per heavy atom. The summed E-state index contributed by atoms with van der Waals surface area (Å²) in [6, 6.07) is 116. The Bertz CT molecular complexity index is 4330. The van der Waals surface area contributed by atoms with Crippen molar-refractivity contribution in [3.8, 4) is 33.6 Å². The smallest absolute Gasteiger partial charge is 0.180 e. The first-order valence-corrected chi connectivity index (χ1v) is 30.4. The third-order valence-electron chi connectivity index (χ3n) is 16.6. The number of nitrogens with zero attached hydrogens (tertiary/aromatic N) is 2. The molecule has 76 heavy (non-hydrogen) atoms. The summed E-state index contributed by atoms with van der Waals surface area (Å²) in [5.74, 6) is 0. The van der Waals surface area contributed by atoms with E-state index in [1.54, 1.807) is 0 Å². The molecule has 0 N–H and O–H groups in total. The van der Waals surface area contributed by atoms with E-state index in [4.69, 9.17) is 0 Å². The summed E-state index contributed by atoms with van der Waals surface area (Å²) < 4.78 is 4.99. The van der Waals surface area contributed by atoms with E-state index in [1.807, 2.05) is 0 Å². The number of hydrogen-bond donors (Lipinski definition) is 0. The molecular formula is C72H50N2Si2. The van der Waals surface area contributed by atoms with Gasteiger partial charge in [0.25, 0.3) is 0 Å². The van der Waals surface area contributed by atoms with Gasteiger partial charge in [-0.05, 0) is 94.6 Å². The molecule has 0 bridgehead atoms. The van der Waals surface area contributed by atoms with Crippen LogP contribution in [0, 0.1) is 0 Å². The van der Waals surface area contributed by atoms with E-state index in [1.165, 1.54) is 107 Å². The summed E-state index contributed by atoms with van der Waals surface area (Å²) in [4.78, 5) is 0. The normalized spacial score (nSPS) is 13.5. The maximum Gasteiger partial charge on any atom is 0.180 e. The quantitative estimate of drug-likeness (QED) is 0.141. The van der Waals surface area contributed by atoms with Gasteiger partial charge in [-0.25, -0.2) is 0 Å². The van der Waals surface area contributed by atoms with Crippen LogP contribution >= 0.6 is 0 Å². The summed E-state index contributed by atoms with van der Waals surface area (Å²) >= 11 is 0. The second kappa shape index (κ2) is 17.7. The molecule has 0 fully saturated rings. The SMILES string of the molecule is c1ccc([Si]2(c3ccccc3)c3ccccc3-c3ccccc3[Si](c3ccccc3)(c3ccccc3)c3cc(-c4ccc(-n5c6ccccc6c6ccccc65)cc4-n4c5ccccc5c5ccccc54)ccc32)cc1. The summed E-state index contributed by atoms with van der Waals surface area (Å²) in [6.07, 6.45) is 0. The highest BCUT2D eigenvalue weighted by atomic mass is 28.3. The highest BCUT2D eigenvalue weighted by Gasteiger charge is 2.53. The van der Waals surface area contributed by atoms with Gasteiger partial charge in [0, 0.05) is 32.8 Å². The number of rotatable bonds is 7. The Labute approximate surface area is 444 Å². The topological polar surface area (TPSA) is 9.86 Å². The Kier molecular flexibility index (Phi) is 10.3. The van der Waals surface area contributed by atoms with Crippen LogP contribution in [0.1, 0.15) is 0 Å². The van der Waals surface area contributed by atoms with Crippen LogP contribution < -0.4 is 41.5 Å². The van der Waals surface area contributed by atoms with E-state index < -0.39 is 16.1 Å². The van der Waals surface area contributed by atoms with Crippen LogP contribution in [0.4, 0.5) is 0 Å². The third kappa shape index (κ3) is 6.38. The molecule has 4 heteroatoms. The van der Waals surface area contributed by atoms with Crippen molar-refractivity contribution in [1.82, 2.24) is 9.13 Å². The van der Waals surface area contributed by atoms with E-state index >= 15 is 0 Å². The molecule has 14 aromatic rings. The molecule has 0 aliphatic carbocycles. The van der Waals surface area contributed by atoms with E-state index in [2.05, 4.69) is 312 Å². The van der Waals surface area contributed by atoms with Crippen LogP contribution in [0.25, 0.3) is 77.2 Å². The maximum atomic E-state index is 2.67. The van der Waals surface area contributed by atoms with Crippen LogP contribution in [-0.2, 0) is 0 Å². The molecule has 15 rings (SSSR count). The molecule has 0 unspecified atom stereocenters. The molecule has 2 aromatic heterocycles. The average molecular weight is 999 g/mol. The lowest BCUT2D eigenvalue weighted by molar-refractivity contribution is 1.14. The Hall–Kier alpha value is -9.33. The van der Waals surface area contributed by atoms with Crippen molar-refractivity contribution in [2.75, 3.05) is 0 Å². The average Bonchev–Trinajstić information content (AvgIpc) is 4.07. The number of aromatic nitrogens is 2. The summed E-state index contributed by atoms with van der Waals surface area (Å²) in [7, 11) is -6.53. The third-order valence-corrected chi connectivity index (χ3v) is 26.6. The van der Waals surface area contributed by atoms with Crippen molar-refractivity contribution in [3.05, 3.63) is 303 Å². The minimum Gasteiger partial charge on any atom is -0.309 e. The molecule has 3 heterocycles. The van der Waals surface area contributed by atoms with Gasteiger partial charge in [0.2, 0.25) is 0 Å². The zero-order valence-electron chi connectivity index (χ0n) is 41.8. The molecule has 0 amide bonds. The second-order valence-electron chi connectivity index (χ2n) is 20.3. The monoisotopic (exact) mass is 998 g/mol. The molecule has 0 atom stereocenters. The lowest BCUT2D eigenvalue weighted by atomic mass is 10.0. The minimum absolute atomic E-state index is 1.12. The molecule has 0 spiro atoms. The first-order chi connectivity index (χ1) is 37.7. The predicted molar refractivity (Wildman–Crippen MR) is 327 cm³/mol. The molecule has 0 saturated heterocycles. The van der Waals surface area contributed by atoms with Crippen molar-refractivity contribution < 1.29 is 0 Å². The van der Waals surface area contributed by atoms with Crippen LogP contribution in [0.15, 0.2) is 303 Å². The van der Waals surface area contributed by atoms with Crippen LogP contribution in [0.2, 0.25) is 0 Å². The van der Waals surface area contributed by atoms with Crippen LogP contribution in [-0.4, -0.2) is 25.3 Å². The molecular weight excluding hydrogens is 949 g/mol. The largest absolute Gasteiger partial charge is 0.309 e. The fourth-order valence-electron chi connectivity index (χ4n) is 13.5. The first-order valence-electron chi connectivity index (χ1n) is 26.4. The van der Waals surface area contributed by atoms with E-state index in [0.29, 0.717) is 0 Å². The number of para-hydroxylation sites is 4. The highest BCUT2D eigenvalue weighted by Crippen LogP contribution is 2.40. The fourth-order valence-corrected chi connectivity index (χ4v) is 24.8. The standard InChI is InChI=1S/C72H50N2Si2/c1-5-25-53(26-6-1)75(54-27-7-2-8-28-54)69-43-23-17-37-62(69)63-38-18-24-44-70(63)76(55-29-9-3-10-30-55,56-31-11-4-12-32-56)72-49-51(45-48-71(72)75)57-47-46-52(73-64-39-19-13-33-58(64)59-34-14-20-40-65(59)73)50-68(57)74-66-41-21-15-35-60(66)61-36-16-22-42-67(61)74/h1-50H. The first kappa shape index (κ1) is 44.2. The van der Waals surface area contributed by atoms with Gasteiger partial charge in [0.05, 0.1) is 27.8 Å². The van der Waals surface area contributed by atoms with Crippen molar-refractivity contribution in [1.29, 1.82) is 0 Å². The maximum absolute atomic E-state index is 3.31. The predicted octanol–water partition coefficient (Wildman–Crippen LogP) is 12.3. The Morgan fingerprint density at radius 3 is 1.01 bits per heavy atom. The lowest BCUT2D eigenvalue weighted by Gasteiger charge is -2.45. The van der Waals surface area contributed by atoms with Gasteiger partial charge in [-0.1, -0.05) is 267 Å². The summed E-state index contributed by atoms with van der Waals surface area (Å²) in [6.45, 7) is 0. The van der Waals surface area contributed by atoms with Gasteiger partial charge in [0.1, 0.15) is 0 Å². The summed E-state index contributed by atoms with van der Waals surface area (Å²) in [5.41, 5.74) is 12.0. The van der Waals surface area contributed by atoms with Gasteiger partial charge in [-0.15, -0.1) is 0 Å². The molecule has 0 radical (unpaired) electrons. The zero-order valence-corrected chi connectivity index (χ0v) is 43.8. The van der Waals surface area contributed by atoms with Crippen molar-refractivity contribution in [2.24, 2.45) is 0 Å². The number of fused-ring (bicyclic) bond motifs is 10. The molecule has 0 saturated carbocycles. The van der Waals surface area contributed by atoms with Crippen molar-refractivity contribution in [2.45, 2.75) is 0 Å². The second-order valence-corrected chi connectivity index (χ2v) is 27.7. The van der Waals surface area contributed by atoms with Crippen LogP contribution in [0.3, 0.4) is 0 Å². The minimum atomic E-state index is -3.31. The van der Waals surface area contributed by atoms with Gasteiger partial charge in [-0.3, -0.25) is 0 Å². The highest BCUT2D eigenvalue weighted by molar-refractivity contribution is 7.28. The molecule has 12 aromatic carbocycles. The van der Waals surface area contributed by atoms with Crippen molar-refractivity contribution >= 4 is 101 Å². The summed E-state index contributed by atoms with van der Waals surface area (Å²) in [5, 5.41) is 16.1. The van der Waals surface area contributed by atoms with E-state index in [0.717, 1.165) is 11.4 Å². The van der Waals surface area contributed by atoms with Gasteiger partial charge in [0.15, 0.2) is 16.1 Å². The molecule has 2 nitrogen and oxygen atoms in total. The van der Waals surface area contributed by atoms with Gasteiger partial charge >= 0.3 is 0 Å².